The van der Waals surface area contributed by atoms with Gasteiger partial charge in [-0.2, -0.15) is 5.10 Å². The molecule has 0 spiro atoms. The number of carbonyl (C=O) groups excluding carboxylic acids is 1. The van der Waals surface area contributed by atoms with E-state index in [2.05, 4.69) is 36.8 Å². The molecule has 0 N–H and O–H groups in total. The quantitative estimate of drug-likeness (QED) is 0.676. The average Bonchev–Trinajstić information content (AvgIpc) is 3.38. The number of hydrogen-bond acceptors (Lipinski definition) is 6. The Hall–Kier alpha value is -3.10. The second kappa shape index (κ2) is 7.65. The fraction of sp³-hybridized carbons (Fsp3) is 0.444. The van der Waals surface area contributed by atoms with Gasteiger partial charge in [0.15, 0.2) is 5.82 Å². The molecule has 4 rings (SSSR count). The molecule has 9 nitrogen and oxygen atoms in total. The number of rotatable bonds is 5. The van der Waals surface area contributed by atoms with Crippen molar-refractivity contribution < 1.29 is 4.79 Å². The molecule has 0 bridgehead atoms. The Kier molecular flexibility index (Phi) is 4.91. The lowest BCUT2D eigenvalue weighted by Gasteiger charge is -2.31. The zero-order chi connectivity index (χ0) is 18.6. The Labute approximate surface area is 157 Å². The molecule has 140 valence electrons. The number of pyridine rings is 1. The number of hydrogen-bond donors (Lipinski definition) is 0. The molecule has 0 saturated carbocycles. The summed E-state index contributed by atoms with van der Waals surface area (Å²) < 4.78 is 3.90. The first kappa shape index (κ1) is 17.3. The molecule has 0 aliphatic carbocycles. The second-order valence-corrected chi connectivity index (χ2v) is 6.59. The van der Waals surface area contributed by atoms with E-state index < -0.39 is 0 Å². The van der Waals surface area contributed by atoms with E-state index in [0.29, 0.717) is 31.2 Å². The summed E-state index contributed by atoms with van der Waals surface area (Å²) >= 11 is 0. The fourth-order valence-electron chi connectivity index (χ4n) is 3.56. The monoisotopic (exact) mass is 366 g/mol. The summed E-state index contributed by atoms with van der Waals surface area (Å²) in [5.74, 6) is 2.18. The molecular formula is C18H22N8O. The van der Waals surface area contributed by atoms with Crippen molar-refractivity contribution in [3.8, 4) is 0 Å². The molecule has 0 atom stereocenters. The molecule has 0 aromatic carbocycles. The van der Waals surface area contributed by atoms with E-state index in [-0.39, 0.29) is 5.91 Å². The normalized spacial score (nSPS) is 15.2. The maximum absolute atomic E-state index is 12.6. The number of nitrogens with zero attached hydrogens (tertiary/aromatic N) is 8. The first-order valence-electron chi connectivity index (χ1n) is 9.21. The second-order valence-electron chi connectivity index (χ2n) is 6.59. The van der Waals surface area contributed by atoms with E-state index >= 15 is 0 Å². The SMILES string of the molecule is CCn1c(Cn2cncn2)nnc1C1CCN(C(=O)c2ccccn2)CC1. The molecular weight excluding hydrogens is 344 g/mol. The van der Waals surface area contributed by atoms with Crippen molar-refractivity contribution in [1.29, 1.82) is 0 Å². The van der Waals surface area contributed by atoms with Crippen molar-refractivity contribution in [3.63, 3.8) is 0 Å². The minimum absolute atomic E-state index is 0.00196. The number of amides is 1. The third-order valence-electron chi connectivity index (χ3n) is 4.97. The van der Waals surface area contributed by atoms with Crippen molar-refractivity contribution in [2.24, 2.45) is 0 Å². The Morgan fingerprint density at radius 3 is 2.74 bits per heavy atom. The van der Waals surface area contributed by atoms with Gasteiger partial charge in [-0.3, -0.25) is 9.78 Å². The van der Waals surface area contributed by atoms with Gasteiger partial charge in [0, 0.05) is 31.7 Å². The van der Waals surface area contributed by atoms with Crippen LogP contribution in [0.1, 0.15) is 47.8 Å². The van der Waals surface area contributed by atoms with Crippen LogP contribution in [-0.2, 0) is 13.1 Å². The van der Waals surface area contributed by atoms with Gasteiger partial charge >= 0.3 is 0 Å². The summed E-state index contributed by atoms with van der Waals surface area (Å²) in [4.78, 5) is 22.6. The van der Waals surface area contributed by atoms with Gasteiger partial charge in [-0.1, -0.05) is 6.07 Å². The third kappa shape index (κ3) is 3.57. The van der Waals surface area contributed by atoms with Crippen LogP contribution in [0.2, 0.25) is 0 Å². The van der Waals surface area contributed by atoms with Crippen LogP contribution in [0.15, 0.2) is 37.1 Å². The highest BCUT2D eigenvalue weighted by atomic mass is 16.2. The van der Waals surface area contributed by atoms with E-state index in [9.17, 15) is 4.79 Å². The molecule has 27 heavy (non-hydrogen) atoms. The van der Waals surface area contributed by atoms with Crippen LogP contribution in [0.25, 0.3) is 0 Å². The number of carbonyl (C=O) groups is 1. The maximum atomic E-state index is 12.6. The molecule has 3 aromatic rings. The molecule has 4 heterocycles. The van der Waals surface area contributed by atoms with Crippen molar-refractivity contribution in [2.45, 2.75) is 38.8 Å². The van der Waals surface area contributed by atoms with E-state index in [1.807, 2.05) is 17.0 Å². The number of likely N-dealkylation sites (tertiary alicyclic amines) is 1. The van der Waals surface area contributed by atoms with E-state index in [4.69, 9.17) is 0 Å². The molecule has 1 aliphatic rings. The molecule has 0 radical (unpaired) electrons. The summed E-state index contributed by atoms with van der Waals surface area (Å²) in [6.45, 7) is 4.86. The molecule has 0 unspecified atom stereocenters. The Balaban J connectivity index is 1.44. The number of aromatic nitrogens is 7. The summed E-state index contributed by atoms with van der Waals surface area (Å²) in [5, 5.41) is 13.0. The Morgan fingerprint density at radius 2 is 2.07 bits per heavy atom. The average molecular weight is 366 g/mol. The van der Waals surface area contributed by atoms with Crippen LogP contribution < -0.4 is 0 Å². The van der Waals surface area contributed by atoms with Crippen LogP contribution in [0.5, 0.6) is 0 Å². The minimum Gasteiger partial charge on any atom is -0.337 e. The summed E-state index contributed by atoms with van der Waals surface area (Å²) in [6.07, 6.45) is 6.60. The van der Waals surface area contributed by atoms with Gasteiger partial charge in [-0.15, -0.1) is 10.2 Å². The van der Waals surface area contributed by atoms with E-state index in [1.165, 1.54) is 6.33 Å². The fourth-order valence-corrected chi connectivity index (χ4v) is 3.56. The Morgan fingerprint density at radius 1 is 1.22 bits per heavy atom. The molecule has 1 saturated heterocycles. The van der Waals surface area contributed by atoms with Crippen molar-refractivity contribution >= 4 is 5.91 Å². The highest BCUT2D eigenvalue weighted by Gasteiger charge is 2.28. The minimum atomic E-state index is -0.00196. The van der Waals surface area contributed by atoms with Gasteiger partial charge in [0.25, 0.3) is 5.91 Å². The smallest absolute Gasteiger partial charge is 0.272 e. The van der Waals surface area contributed by atoms with Crippen LogP contribution in [0.3, 0.4) is 0 Å². The Bertz CT molecular complexity index is 881. The highest BCUT2D eigenvalue weighted by molar-refractivity contribution is 5.92. The summed E-state index contributed by atoms with van der Waals surface area (Å²) in [7, 11) is 0. The van der Waals surface area contributed by atoms with Crippen LogP contribution in [0, 0.1) is 0 Å². The zero-order valence-electron chi connectivity index (χ0n) is 15.3. The summed E-state index contributed by atoms with van der Waals surface area (Å²) in [6, 6.07) is 5.42. The largest absolute Gasteiger partial charge is 0.337 e. The van der Waals surface area contributed by atoms with Crippen molar-refractivity contribution in [2.75, 3.05) is 13.1 Å². The highest BCUT2D eigenvalue weighted by Crippen LogP contribution is 2.28. The van der Waals surface area contributed by atoms with Gasteiger partial charge in [-0.05, 0) is 31.9 Å². The van der Waals surface area contributed by atoms with E-state index in [1.54, 1.807) is 23.3 Å². The molecule has 1 fully saturated rings. The van der Waals surface area contributed by atoms with Crippen LogP contribution >= 0.6 is 0 Å². The summed E-state index contributed by atoms with van der Waals surface area (Å²) in [5.41, 5.74) is 0.503. The first-order chi connectivity index (χ1) is 13.3. The van der Waals surface area contributed by atoms with Gasteiger partial charge in [-0.25, -0.2) is 9.67 Å². The van der Waals surface area contributed by atoms with Gasteiger partial charge in [0.1, 0.15) is 30.7 Å². The predicted molar refractivity (Wildman–Crippen MR) is 96.9 cm³/mol. The van der Waals surface area contributed by atoms with Crippen molar-refractivity contribution in [3.05, 3.63) is 54.4 Å². The van der Waals surface area contributed by atoms with Crippen LogP contribution in [0.4, 0.5) is 0 Å². The van der Waals surface area contributed by atoms with Gasteiger partial charge < -0.3 is 9.47 Å². The predicted octanol–water partition coefficient (Wildman–Crippen LogP) is 1.35. The lowest BCUT2D eigenvalue weighted by Crippen LogP contribution is -2.38. The molecule has 9 heteroatoms. The number of piperidine rings is 1. The van der Waals surface area contributed by atoms with Crippen LogP contribution in [-0.4, -0.2) is 58.4 Å². The molecule has 1 aliphatic heterocycles. The maximum Gasteiger partial charge on any atom is 0.272 e. The van der Waals surface area contributed by atoms with E-state index in [0.717, 1.165) is 31.0 Å². The first-order valence-corrected chi connectivity index (χ1v) is 9.21. The van der Waals surface area contributed by atoms with Gasteiger partial charge in [0.05, 0.1) is 0 Å². The third-order valence-corrected chi connectivity index (χ3v) is 4.97. The van der Waals surface area contributed by atoms with Crippen molar-refractivity contribution in [1.82, 2.24) is 39.4 Å². The lowest BCUT2D eigenvalue weighted by molar-refractivity contribution is 0.0704. The van der Waals surface area contributed by atoms with Gasteiger partial charge in [0.2, 0.25) is 0 Å². The molecule has 3 aromatic heterocycles. The zero-order valence-corrected chi connectivity index (χ0v) is 15.3. The lowest BCUT2D eigenvalue weighted by atomic mass is 9.95. The topological polar surface area (TPSA) is 94.6 Å². The molecule has 1 amide bonds. The standard InChI is InChI=1S/C18H22N8O/c1-2-26-16(11-25-13-19-12-21-25)22-23-17(26)14-6-9-24(10-7-14)18(27)15-5-3-4-8-20-15/h3-5,8,12-14H,2,6-7,9-11H2,1H3.